The molecule has 0 radical (unpaired) electrons. The molecule has 0 saturated heterocycles. The fraction of sp³-hybridized carbons (Fsp3) is 0.0909. The molecule has 0 aliphatic heterocycles. The number of amides is 1. The van der Waals surface area contributed by atoms with E-state index in [1.54, 1.807) is 12.4 Å². The average molecular weight is 401 g/mol. The zero-order valence-corrected chi connectivity index (χ0v) is 16.6. The van der Waals surface area contributed by atoms with E-state index in [1.165, 1.54) is 11.8 Å². The molecule has 7 heteroatoms. The molecular weight excluding hydrogens is 382 g/mol. The summed E-state index contributed by atoms with van der Waals surface area (Å²) in [6, 6.07) is 21.3. The van der Waals surface area contributed by atoms with Gasteiger partial charge in [-0.3, -0.25) is 14.3 Å². The van der Waals surface area contributed by atoms with Gasteiger partial charge in [0.1, 0.15) is 0 Å². The van der Waals surface area contributed by atoms with E-state index in [9.17, 15) is 4.79 Å². The van der Waals surface area contributed by atoms with Crippen molar-refractivity contribution in [2.75, 3.05) is 11.1 Å². The molecule has 29 heavy (non-hydrogen) atoms. The van der Waals surface area contributed by atoms with Crippen molar-refractivity contribution in [2.45, 2.75) is 12.1 Å². The SMILES string of the molecule is Cc1ccccc1-n1c(SCC(=O)Nc2ccccc2)nnc1-c1ccncc1. The van der Waals surface area contributed by atoms with E-state index in [0.717, 1.165) is 22.5 Å². The first-order chi connectivity index (χ1) is 14.2. The summed E-state index contributed by atoms with van der Waals surface area (Å²) in [7, 11) is 0. The summed E-state index contributed by atoms with van der Waals surface area (Å²) in [6.45, 7) is 2.04. The first-order valence-electron chi connectivity index (χ1n) is 9.12. The first-order valence-corrected chi connectivity index (χ1v) is 10.1. The Morgan fingerprint density at radius 2 is 1.69 bits per heavy atom. The standard InChI is InChI=1S/C22H19N5OS/c1-16-7-5-6-10-19(16)27-21(17-11-13-23-14-12-17)25-26-22(27)29-15-20(28)24-18-8-3-2-4-9-18/h2-14H,15H2,1H3,(H,24,28). The number of rotatable bonds is 6. The number of nitrogens with zero attached hydrogens (tertiary/aromatic N) is 4. The summed E-state index contributed by atoms with van der Waals surface area (Å²) in [5.41, 5.74) is 3.76. The van der Waals surface area contributed by atoms with Crippen LogP contribution < -0.4 is 5.32 Å². The van der Waals surface area contributed by atoms with Crippen LogP contribution in [0.5, 0.6) is 0 Å². The van der Waals surface area contributed by atoms with Gasteiger partial charge in [-0.2, -0.15) is 0 Å². The topological polar surface area (TPSA) is 72.7 Å². The van der Waals surface area contributed by atoms with Gasteiger partial charge in [0.15, 0.2) is 11.0 Å². The highest BCUT2D eigenvalue weighted by molar-refractivity contribution is 7.99. The second-order valence-corrected chi connectivity index (χ2v) is 7.31. The fourth-order valence-corrected chi connectivity index (χ4v) is 3.68. The van der Waals surface area contributed by atoms with Gasteiger partial charge in [-0.1, -0.05) is 48.2 Å². The van der Waals surface area contributed by atoms with Crippen LogP contribution in [0, 0.1) is 6.92 Å². The maximum Gasteiger partial charge on any atom is 0.234 e. The Morgan fingerprint density at radius 3 is 2.45 bits per heavy atom. The van der Waals surface area contributed by atoms with Crippen molar-refractivity contribution in [1.82, 2.24) is 19.7 Å². The summed E-state index contributed by atoms with van der Waals surface area (Å²) in [5.74, 6) is 0.855. The predicted octanol–water partition coefficient (Wildman–Crippen LogP) is 4.37. The van der Waals surface area contributed by atoms with Crippen LogP contribution in [0.3, 0.4) is 0 Å². The lowest BCUT2D eigenvalue weighted by molar-refractivity contribution is -0.113. The highest BCUT2D eigenvalue weighted by Crippen LogP contribution is 2.29. The predicted molar refractivity (Wildman–Crippen MR) is 115 cm³/mol. The van der Waals surface area contributed by atoms with Crippen molar-refractivity contribution < 1.29 is 4.79 Å². The van der Waals surface area contributed by atoms with Crippen LogP contribution in [0.15, 0.2) is 84.3 Å². The number of aryl methyl sites for hydroxylation is 1. The average Bonchev–Trinajstić information content (AvgIpc) is 3.18. The Labute approximate surface area is 173 Å². The number of carbonyl (C=O) groups excluding carboxylic acids is 1. The summed E-state index contributed by atoms with van der Waals surface area (Å²) >= 11 is 1.36. The molecule has 0 fully saturated rings. The smallest absolute Gasteiger partial charge is 0.234 e. The molecule has 0 bridgehead atoms. The molecule has 1 amide bonds. The van der Waals surface area contributed by atoms with Crippen LogP contribution in [-0.4, -0.2) is 31.4 Å². The molecule has 6 nitrogen and oxygen atoms in total. The largest absolute Gasteiger partial charge is 0.325 e. The molecule has 0 saturated carbocycles. The third-order valence-corrected chi connectivity index (χ3v) is 5.25. The molecule has 0 unspecified atom stereocenters. The summed E-state index contributed by atoms with van der Waals surface area (Å²) in [4.78, 5) is 16.5. The van der Waals surface area contributed by atoms with Crippen LogP contribution in [0.1, 0.15) is 5.56 Å². The minimum Gasteiger partial charge on any atom is -0.325 e. The lowest BCUT2D eigenvalue weighted by atomic mass is 10.2. The number of para-hydroxylation sites is 2. The number of thioether (sulfide) groups is 1. The highest BCUT2D eigenvalue weighted by Gasteiger charge is 2.18. The molecule has 144 valence electrons. The molecule has 0 spiro atoms. The number of benzene rings is 2. The number of hydrogen-bond donors (Lipinski definition) is 1. The van der Waals surface area contributed by atoms with Crippen LogP contribution in [0.4, 0.5) is 5.69 Å². The van der Waals surface area contributed by atoms with E-state index in [1.807, 2.05) is 78.2 Å². The number of anilines is 1. The Balaban J connectivity index is 1.63. The zero-order chi connectivity index (χ0) is 20.1. The number of pyridine rings is 1. The Bertz CT molecular complexity index is 1110. The van der Waals surface area contributed by atoms with Gasteiger partial charge in [0.05, 0.1) is 11.4 Å². The number of aromatic nitrogens is 4. The highest BCUT2D eigenvalue weighted by atomic mass is 32.2. The minimum atomic E-state index is -0.0917. The van der Waals surface area contributed by atoms with Crippen molar-refractivity contribution in [3.05, 3.63) is 84.7 Å². The Kier molecular flexibility index (Phi) is 5.67. The zero-order valence-electron chi connectivity index (χ0n) is 15.8. The normalized spacial score (nSPS) is 10.7. The van der Waals surface area contributed by atoms with Crippen LogP contribution >= 0.6 is 11.8 Å². The van der Waals surface area contributed by atoms with Gasteiger partial charge in [0.25, 0.3) is 0 Å². The molecule has 0 aliphatic rings. The number of hydrogen-bond acceptors (Lipinski definition) is 5. The molecule has 4 rings (SSSR count). The maximum absolute atomic E-state index is 12.4. The second kappa shape index (κ2) is 8.70. The van der Waals surface area contributed by atoms with Gasteiger partial charge in [0.2, 0.25) is 5.91 Å². The van der Waals surface area contributed by atoms with E-state index in [-0.39, 0.29) is 11.7 Å². The van der Waals surface area contributed by atoms with Gasteiger partial charge in [-0.05, 0) is 42.8 Å². The molecule has 0 atom stereocenters. The lowest BCUT2D eigenvalue weighted by Gasteiger charge is -2.12. The molecule has 2 aromatic heterocycles. The van der Waals surface area contributed by atoms with Gasteiger partial charge < -0.3 is 5.32 Å². The molecule has 0 aliphatic carbocycles. The lowest BCUT2D eigenvalue weighted by Crippen LogP contribution is -2.14. The monoisotopic (exact) mass is 401 g/mol. The van der Waals surface area contributed by atoms with Crippen molar-refractivity contribution in [2.24, 2.45) is 0 Å². The van der Waals surface area contributed by atoms with E-state index >= 15 is 0 Å². The minimum absolute atomic E-state index is 0.0917. The second-order valence-electron chi connectivity index (χ2n) is 6.37. The molecule has 2 heterocycles. The fourth-order valence-electron chi connectivity index (χ4n) is 2.93. The number of nitrogens with one attached hydrogen (secondary N) is 1. The molecule has 1 N–H and O–H groups in total. The first kappa shape index (κ1) is 18.9. The summed E-state index contributed by atoms with van der Waals surface area (Å²) in [5, 5.41) is 12.3. The maximum atomic E-state index is 12.4. The van der Waals surface area contributed by atoms with E-state index < -0.39 is 0 Å². The van der Waals surface area contributed by atoms with Crippen molar-refractivity contribution in [3.63, 3.8) is 0 Å². The third kappa shape index (κ3) is 4.35. The Hall–Kier alpha value is -3.45. The van der Waals surface area contributed by atoms with Crippen LogP contribution in [0.25, 0.3) is 17.1 Å². The summed E-state index contributed by atoms with van der Waals surface area (Å²) < 4.78 is 1.99. The number of carbonyl (C=O) groups is 1. The Morgan fingerprint density at radius 1 is 0.966 bits per heavy atom. The van der Waals surface area contributed by atoms with Crippen LogP contribution in [0.2, 0.25) is 0 Å². The van der Waals surface area contributed by atoms with Crippen LogP contribution in [-0.2, 0) is 4.79 Å². The van der Waals surface area contributed by atoms with Crippen molar-refractivity contribution in [3.8, 4) is 17.1 Å². The van der Waals surface area contributed by atoms with Crippen molar-refractivity contribution in [1.29, 1.82) is 0 Å². The van der Waals surface area contributed by atoms with Crippen molar-refractivity contribution >= 4 is 23.4 Å². The third-order valence-electron chi connectivity index (χ3n) is 4.32. The molecule has 2 aromatic carbocycles. The van der Waals surface area contributed by atoms with E-state index in [2.05, 4.69) is 20.5 Å². The quantitative estimate of drug-likeness (QED) is 0.486. The van der Waals surface area contributed by atoms with Gasteiger partial charge in [-0.25, -0.2) is 0 Å². The van der Waals surface area contributed by atoms with Gasteiger partial charge >= 0.3 is 0 Å². The summed E-state index contributed by atoms with van der Waals surface area (Å²) in [6.07, 6.45) is 3.46. The molecular formula is C22H19N5OS. The van der Waals surface area contributed by atoms with E-state index in [4.69, 9.17) is 0 Å². The molecule has 4 aromatic rings. The van der Waals surface area contributed by atoms with E-state index in [0.29, 0.717) is 11.0 Å². The van der Waals surface area contributed by atoms with Gasteiger partial charge in [-0.15, -0.1) is 10.2 Å². The van der Waals surface area contributed by atoms with Gasteiger partial charge in [0, 0.05) is 23.6 Å².